The van der Waals surface area contributed by atoms with Crippen LogP contribution in [0, 0.1) is 11.7 Å². The van der Waals surface area contributed by atoms with Crippen molar-refractivity contribution in [3.63, 3.8) is 0 Å². The first-order valence-corrected chi connectivity index (χ1v) is 14.5. The molecule has 0 aromatic carbocycles. The number of amides is 1. The number of thiophene rings is 1. The lowest BCUT2D eigenvalue weighted by Gasteiger charge is -2.20. The Morgan fingerprint density at radius 1 is 1.05 bits per heavy atom. The van der Waals surface area contributed by atoms with E-state index < -0.39 is 5.82 Å². The molecule has 7 rings (SSSR count). The number of imidazole rings is 1. The van der Waals surface area contributed by atoms with Crippen LogP contribution in [0.5, 0.6) is 0 Å². The summed E-state index contributed by atoms with van der Waals surface area (Å²) in [6.45, 7) is 1.53. The van der Waals surface area contributed by atoms with Gasteiger partial charge in [0.2, 0.25) is 5.91 Å². The molecule has 0 atom stereocenters. The number of carbonyl (C=O) groups excluding carboxylic acids is 2. The number of anilines is 1. The maximum Gasteiger partial charge on any atom is 0.227 e. The van der Waals surface area contributed by atoms with Crippen LogP contribution in [0.1, 0.15) is 48.7 Å². The topological polar surface area (TPSA) is 142 Å². The zero-order chi connectivity index (χ0) is 28.8. The Kier molecular flexibility index (Phi) is 6.54. The van der Waals surface area contributed by atoms with Crippen LogP contribution < -0.4 is 5.32 Å². The van der Waals surface area contributed by atoms with E-state index in [1.807, 2.05) is 12.1 Å². The lowest BCUT2D eigenvalue weighted by atomic mass is 9.88. The first-order valence-electron chi connectivity index (χ1n) is 13.7. The molecule has 6 heterocycles. The summed E-state index contributed by atoms with van der Waals surface area (Å²) in [6, 6.07) is 7.21. The number of nitrogens with one attached hydrogen (secondary N) is 3. The van der Waals surface area contributed by atoms with Gasteiger partial charge in [0, 0.05) is 34.3 Å². The molecule has 1 aliphatic carbocycles. The highest BCUT2D eigenvalue weighted by Gasteiger charge is 2.24. The maximum atomic E-state index is 16.2. The summed E-state index contributed by atoms with van der Waals surface area (Å²) in [4.78, 5) is 47.0. The number of H-pyrrole nitrogens is 2. The number of halogens is 1. The number of hydrogen-bond donors (Lipinski definition) is 3. The van der Waals surface area contributed by atoms with E-state index in [1.54, 1.807) is 24.5 Å². The Morgan fingerprint density at radius 2 is 1.90 bits per heavy atom. The highest BCUT2D eigenvalue weighted by molar-refractivity contribution is 7.17. The standard InChI is InChI=1S/C30H25FN8O2S/c1-15(40)21-7-8-22(42-21)19-9-10-33-28-26(19)36-29(37-28)27-23-20(38-39-27)14-34-25(24(23)31)17-11-18(13-32-12-17)35-30(41)16-5-3-2-4-6-16/h7-14,16H,2-6H2,1H3,(H,35,41)(H,38,39)(H,33,36,37). The Hall–Kier alpha value is -4.84. The summed E-state index contributed by atoms with van der Waals surface area (Å²) in [7, 11) is 0. The van der Waals surface area contributed by atoms with Gasteiger partial charge < -0.3 is 10.3 Å². The molecule has 3 N–H and O–H groups in total. The minimum Gasteiger partial charge on any atom is -0.335 e. The van der Waals surface area contributed by atoms with Gasteiger partial charge in [0.25, 0.3) is 0 Å². The molecule has 0 bridgehead atoms. The first-order chi connectivity index (χ1) is 20.5. The largest absolute Gasteiger partial charge is 0.335 e. The molecule has 0 spiro atoms. The zero-order valence-electron chi connectivity index (χ0n) is 22.6. The summed E-state index contributed by atoms with van der Waals surface area (Å²) in [5.41, 5.74) is 3.61. The van der Waals surface area contributed by atoms with E-state index >= 15 is 4.39 Å². The van der Waals surface area contributed by atoms with Crippen molar-refractivity contribution < 1.29 is 14.0 Å². The van der Waals surface area contributed by atoms with Gasteiger partial charge in [0.15, 0.2) is 23.1 Å². The third-order valence-corrected chi connectivity index (χ3v) is 8.85. The quantitative estimate of drug-likeness (QED) is 0.190. The minimum absolute atomic E-state index is 0.00271. The molecule has 1 saturated carbocycles. The molecular formula is C30H25FN8O2S. The normalized spacial score (nSPS) is 14.0. The minimum atomic E-state index is -0.591. The van der Waals surface area contributed by atoms with Gasteiger partial charge in [0.05, 0.1) is 39.4 Å². The molecule has 1 amide bonds. The number of fused-ring (bicyclic) bond motifs is 2. The third-order valence-electron chi connectivity index (χ3n) is 7.63. The number of hydrogen-bond acceptors (Lipinski definition) is 8. The molecule has 1 aliphatic rings. The average Bonchev–Trinajstić information content (AvgIpc) is 3.76. The maximum absolute atomic E-state index is 16.2. The molecular weight excluding hydrogens is 555 g/mol. The van der Waals surface area contributed by atoms with Crippen LogP contribution >= 0.6 is 11.3 Å². The van der Waals surface area contributed by atoms with Crippen molar-refractivity contribution in [1.29, 1.82) is 0 Å². The fourth-order valence-corrected chi connectivity index (χ4v) is 6.43. The predicted molar refractivity (Wildman–Crippen MR) is 158 cm³/mol. The number of carbonyl (C=O) groups is 2. The number of Topliss-reactive ketones (excluding diaryl/α,β-unsaturated/α-hetero) is 1. The van der Waals surface area contributed by atoms with Crippen LogP contribution in [0.15, 0.2) is 49.1 Å². The van der Waals surface area contributed by atoms with Gasteiger partial charge in [-0.1, -0.05) is 19.3 Å². The van der Waals surface area contributed by atoms with E-state index in [2.05, 4.69) is 40.4 Å². The van der Waals surface area contributed by atoms with Gasteiger partial charge in [-0.25, -0.2) is 14.4 Å². The number of nitrogens with zero attached hydrogens (tertiary/aromatic N) is 5. The summed E-state index contributed by atoms with van der Waals surface area (Å²) >= 11 is 1.39. The molecule has 6 aromatic heterocycles. The van der Waals surface area contributed by atoms with Gasteiger partial charge in [-0.15, -0.1) is 11.3 Å². The Balaban J connectivity index is 1.25. The van der Waals surface area contributed by atoms with Crippen LogP contribution in [0.3, 0.4) is 0 Å². The Bertz CT molecular complexity index is 1990. The molecule has 12 heteroatoms. The van der Waals surface area contributed by atoms with Crippen molar-refractivity contribution in [2.45, 2.75) is 39.0 Å². The number of ketones is 1. The second-order valence-electron chi connectivity index (χ2n) is 10.4. The van der Waals surface area contributed by atoms with Crippen molar-refractivity contribution in [3.8, 4) is 33.2 Å². The SMILES string of the molecule is CC(=O)c1ccc(-c2ccnc3nc(-c4n[nH]c5cnc(-c6cncc(NC(=O)C7CCCCC7)c6)c(F)c45)[nH]c23)s1. The third kappa shape index (κ3) is 4.63. The molecule has 0 aliphatic heterocycles. The predicted octanol–water partition coefficient (Wildman–Crippen LogP) is 6.55. The van der Waals surface area contributed by atoms with E-state index in [1.165, 1.54) is 30.7 Å². The van der Waals surface area contributed by atoms with E-state index in [0.29, 0.717) is 38.6 Å². The summed E-state index contributed by atoms with van der Waals surface area (Å²) < 4.78 is 16.2. The molecule has 0 radical (unpaired) electrons. The van der Waals surface area contributed by atoms with Crippen LogP contribution in [-0.2, 0) is 4.79 Å². The number of aromatic nitrogens is 7. The zero-order valence-corrected chi connectivity index (χ0v) is 23.4. The molecule has 6 aromatic rings. The second-order valence-corrected chi connectivity index (χ2v) is 11.5. The van der Waals surface area contributed by atoms with E-state index in [0.717, 1.165) is 42.5 Å². The lowest BCUT2D eigenvalue weighted by molar-refractivity contribution is -0.120. The second kappa shape index (κ2) is 10.5. The van der Waals surface area contributed by atoms with Gasteiger partial charge in [-0.05, 0) is 44.0 Å². The summed E-state index contributed by atoms with van der Waals surface area (Å²) in [5, 5.41) is 10.4. The van der Waals surface area contributed by atoms with Crippen molar-refractivity contribution in [2.24, 2.45) is 5.92 Å². The van der Waals surface area contributed by atoms with Crippen LogP contribution in [0.4, 0.5) is 10.1 Å². The molecule has 42 heavy (non-hydrogen) atoms. The summed E-state index contributed by atoms with van der Waals surface area (Å²) in [5.74, 6) is -0.310. The molecule has 10 nitrogen and oxygen atoms in total. The van der Waals surface area contributed by atoms with Gasteiger partial charge >= 0.3 is 0 Å². The Labute approximate surface area is 242 Å². The summed E-state index contributed by atoms with van der Waals surface area (Å²) in [6.07, 6.45) is 11.2. The smallest absolute Gasteiger partial charge is 0.227 e. The Morgan fingerprint density at radius 3 is 2.71 bits per heavy atom. The molecule has 0 unspecified atom stereocenters. The van der Waals surface area contributed by atoms with Crippen LogP contribution in [-0.4, -0.2) is 46.8 Å². The fraction of sp³-hybridized carbons (Fsp3) is 0.233. The lowest BCUT2D eigenvalue weighted by Crippen LogP contribution is -2.24. The number of pyridine rings is 3. The van der Waals surface area contributed by atoms with Gasteiger partial charge in [0.1, 0.15) is 11.4 Å². The average molecular weight is 581 g/mol. The van der Waals surface area contributed by atoms with Crippen molar-refractivity contribution in [3.05, 3.63) is 59.7 Å². The van der Waals surface area contributed by atoms with Crippen molar-refractivity contribution >= 4 is 50.8 Å². The highest BCUT2D eigenvalue weighted by atomic mass is 32.1. The van der Waals surface area contributed by atoms with Crippen molar-refractivity contribution in [1.82, 2.24) is 35.1 Å². The molecule has 1 fully saturated rings. The van der Waals surface area contributed by atoms with Crippen molar-refractivity contribution in [2.75, 3.05) is 5.32 Å². The molecule has 0 saturated heterocycles. The fourth-order valence-electron chi connectivity index (χ4n) is 5.50. The number of aromatic amines is 2. The first kappa shape index (κ1) is 26.1. The number of rotatable bonds is 6. The van der Waals surface area contributed by atoms with Crippen LogP contribution in [0.25, 0.3) is 55.3 Å². The monoisotopic (exact) mass is 580 g/mol. The van der Waals surface area contributed by atoms with E-state index in [-0.39, 0.29) is 34.4 Å². The van der Waals surface area contributed by atoms with Gasteiger partial charge in [-0.3, -0.25) is 24.7 Å². The highest BCUT2D eigenvalue weighted by Crippen LogP contribution is 2.36. The van der Waals surface area contributed by atoms with Gasteiger partial charge in [-0.2, -0.15) is 5.10 Å². The van der Waals surface area contributed by atoms with Crippen LogP contribution in [0.2, 0.25) is 0 Å². The van der Waals surface area contributed by atoms with E-state index in [9.17, 15) is 9.59 Å². The van der Waals surface area contributed by atoms with E-state index in [4.69, 9.17) is 0 Å². The molecule has 210 valence electrons.